The fraction of sp³-hybridized carbons (Fsp3) is 0.522. The normalized spacial score (nSPS) is 15.1. The van der Waals surface area contributed by atoms with Crippen molar-refractivity contribution in [1.82, 2.24) is 15.0 Å². The van der Waals surface area contributed by atoms with Gasteiger partial charge in [-0.1, -0.05) is 13.8 Å². The van der Waals surface area contributed by atoms with E-state index < -0.39 is 21.8 Å². The molecule has 1 aliphatic rings. The molecular weight excluding hydrogens is 477 g/mol. The molecule has 0 bridgehead atoms. The minimum absolute atomic E-state index is 0.0902. The average molecular weight is 510 g/mol. The van der Waals surface area contributed by atoms with Crippen molar-refractivity contribution in [3.8, 4) is 0 Å². The van der Waals surface area contributed by atoms with Gasteiger partial charge in [0, 0.05) is 39.0 Å². The summed E-state index contributed by atoms with van der Waals surface area (Å²) in [5, 5.41) is 4.51. The monoisotopic (exact) mass is 509 g/mol. The standard InChI is InChI=1S/C23H32FN5O5S/c1-16(2)14-33-23(30)34-29-9-7-17(8-10-29)13-28(3)22-12-21(25-15-26-22)27-20-6-5-18(11-19(20)24)35(4,31)32/h5-6,11-12,15-17H,7-10,13-14H2,1-4H3,(H,25,26,27). The molecule has 1 N–H and O–H groups in total. The van der Waals surface area contributed by atoms with E-state index in [2.05, 4.69) is 15.3 Å². The van der Waals surface area contributed by atoms with Gasteiger partial charge in [-0.3, -0.25) is 0 Å². The second kappa shape index (κ2) is 11.6. The number of hydrogen-bond acceptors (Lipinski definition) is 10. The van der Waals surface area contributed by atoms with Gasteiger partial charge in [-0.25, -0.2) is 27.6 Å². The molecule has 10 nitrogen and oxygen atoms in total. The van der Waals surface area contributed by atoms with E-state index in [-0.39, 0.29) is 16.5 Å². The molecule has 12 heteroatoms. The largest absolute Gasteiger partial charge is 0.527 e. The zero-order valence-electron chi connectivity index (χ0n) is 20.4. The van der Waals surface area contributed by atoms with Gasteiger partial charge in [0.1, 0.15) is 23.8 Å². The lowest BCUT2D eigenvalue weighted by Gasteiger charge is -2.32. The number of benzene rings is 1. The highest BCUT2D eigenvalue weighted by molar-refractivity contribution is 7.90. The Morgan fingerprint density at radius 1 is 1.26 bits per heavy atom. The molecule has 1 aromatic carbocycles. The first-order chi connectivity index (χ1) is 16.5. The topological polar surface area (TPSA) is 114 Å². The zero-order chi connectivity index (χ0) is 25.6. The van der Waals surface area contributed by atoms with Gasteiger partial charge in [0.2, 0.25) is 0 Å². The van der Waals surface area contributed by atoms with Crippen LogP contribution in [0.1, 0.15) is 26.7 Å². The van der Waals surface area contributed by atoms with Crippen molar-refractivity contribution in [2.24, 2.45) is 11.8 Å². The van der Waals surface area contributed by atoms with Crippen LogP contribution in [0.15, 0.2) is 35.5 Å². The first-order valence-corrected chi connectivity index (χ1v) is 13.3. The summed E-state index contributed by atoms with van der Waals surface area (Å²) < 4.78 is 42.7. The molecular formula is C23H32FN5O5S. The van der Waals surface area contributed by atoms with E-state index in [1.165, 1.54) is 18.5 Å². The van der Waals surface area contributed by atoms with Crippen LogP contribution in [0, 0.1) is 17.7 Å². The Labute approximate surface area is 205 Å². The highest BCUT2D eigenvalue weighted by Crippen LogP contribution is 2.25. The number of rotatable bonds is 9. The van der Waals surface area contributed by atoms with Crippen LogP contribution in [0.25, 0.3) is 0 Å². The predicted molar refractivity (Wildman–Crippen MR) is 130 cm³/mol. The van der Waals surface area contributed by atoms with Crippen LogP contribution in [0.5, 0.6) is 0 Å². The molecule has 0 saturated carbocycles. The molecule has 1 aliphatic heterocycles. The van der Waals surface area contributed by atoms with Crippen molar-refractivity contribution in [3.05, 3.63) is 36.4 Å². The number of ether oxygens (including phenoxy) is 1. The van der Waals surface area contributed by atoms with Crippen LogP contribution in [-0.2, 0) is 19.4 Å². The first-order valence-electron chi connectivity index (χ1n) is 11.4. The number of anilines is 3. The molecule has 0 atom stereocenters. The van der Waals surface area contributed by atoms with E-state index in [9.17, 15) is 17.6 Å². The van der Waals surface area contributed by atoms with Crippen LogP contribution < -0.4 is 10.2 Å². The van der Waals surface area contributed by atoms with Crippen molar-refractivity contribution in [2.75, 3.05) is 49.8 Å². The van der Waals surface area contributed by atoms with Crippen LogP contribution >= 0.6 is 0 Å². The molecule has 0 amide bonds. The number of carbonyl (C=O) groups excluding carboxylic acids is 1. The molecule has 192 valence electrons. The highest BCUT2D eigenvalue weighted by Gasteiger charge is 2.24. The Hall–Kier alpha value is -2.99. The van der Waals surface area contributed by atoms with E-state index in [0.29, 0.717) is 37.3 Å². The van der Waals surface area contributed by atoms with Crippen molar-refractivity contribution >= 4 is 33.3 Å². The summed E-state index contributed by atoms with van der Waals surface area (Å²) in [7, 11) is -1.58. The first kappa shape index (κ1) is 26.6. The maximum atomic E-state index is 14.4. The minimum atomic E-state index is -3.50. The van der Waals surface area contributed by atoms with Crippen LogP contribution in [0.3, 0.4) is 0 Å². The smallest absolute Gasteiger partial charge is 0.433 e. The number of halogens is 1. The summed E-state index contributed by atoms with van der Waals surface area (Å²) in [6, 6.07) is 5.39. The molecule has 1 saturated heterocycles. The van der Waals surface area contributed by atoms with Crippen LogP contribution in [0.4, 0.5) is 26.5 Å². The molecule has 2 aromatic rings. The highest BCUT2D eigenvalue weighted by atomic mass is 32.2. The van der Waals surface area contributed by atoms with E-state index in [1.807, 2.05) is 25.8 Å². The van der Waals surface area contributed by atoms with E-state index in [1.54, 1.807) is 11.1 Å². The summed E-state index contributed by atoms with van der Waals surface area (Å²) in [5.74, 6) is 0.978. The summed E-state index contributed by atoms with van der Waals surface area (Å²) >= 11 is 0. The Bertz CT molecular complexity index is 1120. The van der Waals surface area contributed by atoms with Gasteiger partial charge in [-0.05, 0) is 42.9 Å². The number of sulfone groups is 1. The molecule has 2 heterocycles. The minimum Gasteiger partial charge on any atom is -0.433 e. The van der Waals surface area contributed by atoms with Gasteiger partial charge in [0.05, 0.1) is 17.2 Å². The second-order valence-electron chi connectivity index (χ2n) is 9.10. The maximum absolute atomic E-state index is 14.4. The fourth-order valence-corrected chi connectivity index (χ4v) is 4.25. The van der Waals surface area contributed by atoms with Crippen LogP contribution in [-0.4, -0.2) is 69.1 Å². The quantitative estimate of drug-likeness (QED) is 0.503. The number of piperidine rings is 1. The molecule has 0 radical (unpaired) electrons. The molecule has 3 rings (SSSR count). The third-order valence-electron chi connectivity index (χ3n) is 5.52. The van der Waals surface area contributed by atoms with Gasteiger partial charge in [0.15, 0.2) is 9.84 Å². The fourth-order valence-electron chi connectivity index (χ4n) is 3.62. The number of aromatic nitrogens is 2. The van der Waals surface area contributed by atoms with Gasteiger partial charge in [0.25, 0.3) is 0 Å². The third kappa shape index (κ3) is 8.03. The Kier molecular flexibility index (Phi) is 8.84. The van der Waals surface area contributed by atoms with Crippen molar-refractivity contribution in [3.63, 3.8) is 0 Å². The lowest BCUT2D eigenvalue weighted by Crippen LogP contribution is -2.39. The molecule has 0 aliphatic carbocycles. The van der Waals surface area contributed by atoms with E-state index in [0.717, 1.165) is 31.7 Å². The maximum Gasteiger partial charge on any atom is 0.527 e. The van der Waals surface area contributed by atoms with Gasteiger partial charge < -0.3 is 19.8 Å². The number of nitrogens with one attached hydrogen (secondary N) is 1. The SMILES string of the molecule is CC(C)COC(=O)ON1CCC(CN(C)c2cc(Nc3ccc(S(C)(=O)=O)cc3F)ncn2)CC1. The lowest BCUT2D eigenvalue weighted by molar-refractivity contribution is -0.143. The number of nitrogens with zero attached hydrogens (tertiary/aromatic N) is 4. The van der Waals surface area contributed by atoms with E-state index in [4.69, 9.17) is 9.57 Å². The van der Waals surface area contributed by atoms with Crippen molar-refractivity contribution < 1.29 is 27.2 Å². The zero-order valence-corrected chi connectivity index (χ0v) is 21.2. The summed E-state index contributed by atoms with van der Waals surface area (Å²) in [6.45, 7) is 6.22. The predicted octanol–water partition coefficient (Wildman–Crippen LogP) is 3.64. The van der Waals surface area contributed by atoms with Crippen molar-refractivity contribution in [1.29, 1.82) is 0 Å². The number of hydrogen-bond donors (Lipinski definition) is 1. The van der Waals surface area contributed by atoms with Gasteiger partial charge in [-0.2, -0.15) is 0 Å². The lowest BCUT2D eigenvalue weighted by atomic mass is 9.97. The Morgan fingerprint density at radius 3 is 2.60 bits per heavy atom. The average Bonchev–Trinajstić information content (AvgIpc) is 2.80. The molecule has 1 aromatic heterocycles. The number of carbonyl (C=O) groups is 1. The number of hydroxylamine groups is 2. The summed E-state index contributed by atoms with van der Waals surface area (Å²) in [5.41, 5.74) is 0.115. The Morgan fingerprint density at radius 2 is 1.97 bits per heavy atom. The van der Waals surface area contributed by atoms with Gasteiger partial charge in [-0.15, -0.1) is 5.06 Å². The van der Waals surface area contributed by atoms with E-state index >= 15 is 0 Å². The third-order valence-corrected chi connectivity index (χ3v) is 6.63. The van der Waals surface area contributed by atoms with Crippen molar-refractivity contribution in [2.45, 2.75) is 31.6 Å². The molecule has 0 spiro atoms. The van der Waals surface area contributed by atoms with Crippen LogP contribution in [0.2, 0.25) is 0 Å². The molecule has 1 fully saturated rings. The molecule has 35 heavy (non-hydrogen) atoms. The Balaban J connectivity index is 1.52. The second-order valence-corrected chi connectivity index (χ2v) is 11.1. The summed E-state index contributed by atoms with van der Waals surface area (Å²) in [6.07, 6.45) is 3.43. The summed E-state index contributed by atoms with van der Waals surface area (Å²) in [4.78, 5) is 27.3. The molecule has 0 unspecified atom stereocenters. The van der Waals surface area contributed by atoms with Gasteiger partial charge >= 0.3 is 6.16 Å².